The third-order valence-electron chi connectivity index (χ3n) is 2.59. The lowest BCUT2D eigenvalue weighted by Crippen LogP contribution is -2.14. The van der Waals surface area contributed by atoms with Crippen molar-refractivity contribution in [2.45, 2.75) is 5.16 Å². The molecule has 0 aliphatic rings. The Morgan fingerprint density at radius 1 is 1.30 bits per heavy atom. The van der Waals surface area contributed by atoms with Crippen LogP contribution in [0.3, 0.4) is 0 Å². The molecule has 4 N–H and O–H groups in total. The van der Waals surface area contributed by atoms with Crippen LogP contribution in [0.5, 0.6) is 17.2 Å². The lowest BCUT2D eigenvalue weighted by Gasteiger charge is -2.09. The number of thioether (sulfide) groups is 1. The van der Waals surface area contributed by atoms with Crippen LogP contribution in [0, 0.1) is 11.3 Å². The summed E-state index contributed by atoms with van der Waals surface area (Å²) in [6, 6.07) is 4.10. The average Bonchev–Trinajstić information content (AvgIpc) is 2.44. The minimum Gasteiger partial charge on any atom is -0.504 e. The predicted octanol–water partition coefficient (Wildman–Crippen LogP) is 1.15. The van der Waals surface area contributed by atoms with Crippen molar-refractivity contribution in [3.05, 3.63) is 28.0 Å². The fourth-order valence-corrected chi connectivity index (χ4v) is 1.99. The first-order valence-electron chi connectivity index (χ1n) is 5.32. The van der Waals surface area contributed by atoms with Crippen molar-refractivity contribution in [2.24, 2.45) is 0 Å². The predicted molar refractivity (Wildman–Crippen MR) is 71.8 cm³/mol. The number of aromatic amines is 1. The van der Waals surface area contributed by atoms with Gasteiger partial charge in [0.25, 0.3) is 5.56 Å². The van der Waals surface area contributed by atoms with Gasteiger partial charge in [-0.15, -0.1) is 0 Å². The van der Waals surface area contributed by atoms with E-state index in [1.165, 1.54) is 6.07 Å². The summed E-state index contributed by atoms with van der Waals surface area (Å²) in [5, 5.41) is 37.9. The van der Waals surface area contributed by atoms with Crippen LogP contribution in [-0.4, -0.2) is 31.5 Å². The summed E-state index contributed by atoms with van der Waals surface area (Å²) < 4.78 is 0. The number of aromatic nitrogens is 2. The smallest absolute Gasteiger partial charge is 0.270 e. The quantitative estimate of drug-likeness (QED) is 0.371. The molecule has 1 aromatic heterocycles. The molecular weight excluding hydrogens is 282 g/mol. The average molecular weight is 291 g/mol. The summed E-state index contributed by atoms with van der Waals surface area (Å²) in [4.78, 5) is 18.2. The standard InChI is InChI=1S/C12H9N3O4S/c1-20-12-14-8(6(4-13)11(19)15-12)5-2-3-7(16)10(18)9(5)17/h2-3,16-18H,1H3,(H,14,15,19). The number of nitrogens with one attached hydrogen (secondary N) is 1. The van der Waals surface area contributed by atoms with E-state index in [0.29, 0.717) is 0 Å². The highest BCUT2D eigenvalue weighted by molar-refractivity contribution is 7.98. The number of benzene rings is 1. The summed E-state index contributed by atoms with van der Waals surface area (Å²) in [6.45, 7) is 0. The van der Waals surface area contributed by atoms with E-state index in [4.69, 9.17) is 5.26 Å². The van der Waals surface area contributed by atoms with Crippen molar-refractivity contribution >= 4 is 11.8 Å². The van der Waals surface area contributed by atoms with Gasteiger partial charge in [-0.1, -0.05) is 11.8 Å². The molecule has 0 saturated heterocycles. The molecule has 0 saturated carbocycles. The van der Waals surface area contributed by atoms with E-state index in [0.717, 1.165) is 17.8 Å². The summed E-state index contributed by atoms with van der Waals surface area (Å²) in [5.74, 6) is -1.90. The molecule has 8 heteroatoms. The lowest BCUT2D eigenvalue weighted by atomic mass is 10.1. The van der Waals surface area contributed by atoms with Gasteiger partial charge in [0.05, 0.1) is 0 Å². The molecule has 0 spiro atoms. The van der Waals surface area contributed by atoms with Gasteiger partial charge in [-0.2, -0.15) is 5.26 Å². The molecule has 7 nitrogen and oxygen atoms in total. The van der Waals surface area contributed by atoms with Crippen LogP contribution in [-0.2, 0) is 0 Å². The number of hydrogen-bond donors (Lipinski definition) is 4. The van der Waals surface area contributed by atoms with E-state index in [9.17, 15) is 20.1 Å². The molecule has 2 aromatic rings. The molecule has 1 aromatic carbocycles. The molecule has 20 heavy (non-hydrogen) atoms. The Balaban J connectivity index is 2.82. The van der Waals surface area contributed by atoms with Crippen LogP contribution < -0.4 is 5.56 Å². The molecule has 0 amide bonds. The van der Waals surface area contributed by atoms with Crippen molar-refractivity contribution in [3.8, 4) is 34.6 Å². The third kappa shape index (κ3) is 2.15. The van der Waals surface area contributed by atoms with Crippen molar-refractivity contribution in [1.29, 1.82) is 5.26 Å². The summed E-state index contributed by atoms with van der Waals surface area (Å²) in [5.41, 5.74) is -1.01. The van der Waals surface area contributed by atoms with E-state index in [-0.39, 0.29) is 22.0 Å². The highest BCUT2D eigenvalue weighted by atomic mass is 32.2. The van der Waals surface area contributed by atoms with Crippen molar-refractivity contribution < 1.29 is 15.3 Å². The highest BCUT2D eigenvalue weighted by Crippen LogP contribution is 2.42. The van der Waals surface area contributed by atoms with Crippen molar-refractivity contribution in [1.82, 2.24) is 9.97 Å². The number of nitriles is 1. The van der Waals surface area contributed by atoms with Crippen LogP contribution in [0.25, 0.3) is 11.3 Å². The molecular formula is C12H9N3O4S. The fourth-order valence-electron chi connectivity index (χ4n) is 1.61. The van der Waals surface area contributed by atoms with Crippen molar-refractivity contribution in [3.63, 3.8) is 0 Å². The number of aromatic hydroxyl groups is 3. The normalized spacial score (nSPS) is 10.2. The van der Waals surface area contributed by atoms with Gasteiger partial charge in [0, 0.05) is 5.56 Å². The first kappa shape index (κ1) is 13.8. The second-order valence-electron chi connectivity index (χ2n) is 3.74. The SMILES string of the molecule is CSc1nc(-c2ccc(O)c(O)c2O)c(C#N)c(=O)[nH]1. The summed E-state index contributed by atoms with van der Waals surface area (Å²) in [6.07, 6.45) is 1.68. The monoisotopic (exact) mass is 291 g/mol. The number of nitrogens with zero attached hydrogens (tertiary/aromatic N) is 2. The molecule has 0 atom stereocenters. The topological polar surface area (TPSA) is 130 Å². The van der Waals surface area contributed by atoms with Gasteiger partial charge in [-0.05, 0) is 18.4 Å². The van der Waals surface area contributed by atoms with Gasteiger partial charge < -0.3 is 20.3 Å². The van der Waals surface area contributed by atoms with Crippen LogP contribution >= 0.6 is 11.8 Å². The Bertz CT molecular complexity index is 779. The second-order valence-corrected chi connectivity index (χ2v) is 4.54. The number of hydrogen-bond acceptors (Lipinski definition) is 7. The Hall–Kier alpha value is -2.66. The minimum atomic E-state index is -0.737. The number of phenolic OH excluding ortho intramolecular Hbond substituents is 3. The first-order chi connectivity index (χ1) is 9.49. The first-order valence-corrected chi connectivity index (χ1v) is 6.54. The van der Waals surface area contributed by atoms with Gasteiger partial charge in [0.15, 0.2) is 16.7 Å². The summed E-state index contributed by atoms with van der Waals surface area (Å²) in [7, 11) is 0. The number of phenols is 3. The molecule has 1 heterocycles. The van der Waals surface area contributed by atoms with E-state index in [1.54, 1.807) is 12.3 Å². The Morgan fingerprint density at radius 3 is 2.60 bits per heavy atom. The molecule has 102 valence electrons. The van der Waals surface area contributed by atoms with Crippen LogP contribution in [0.1, 0.15) is 5.56 Å². The van der Waals surface area contributed by atoms with E-state index in [1.807, 2.05) is 0 Å². The van der Waals surface area contributed by atoms with E-state index < -0.39 is 22.8 Å². The zero-order valence-corrected chi connectivity index (χ0v) is 11.0. The molecule has 0 bridgehead atoms. The van der Waals surface area contributed by atoms with E-state index >= 15 is 0 Å². The van der Waals surface area contributed by atoms with Gasteiger partial charge >= 0.3 is 0 Å². The molecule has 0 aliphatic carbocycles. The zero-order valence-electron chi connectivity index (χ0n) is 10.2. The maximum atomic E-state index is 11.8. The van der Waals surface area contributed by atoms with Crippen LogP contribution in [0.4, 0.5) is 0 Å². The lowest BCUT2D eigenvalue weighted by molar-refractivity contribution is 0.369. The van der Waals surface area contributed by atoms with Crippen LogP contribution in [0.2, 0.25) is 0 Å². The highest BCUT2D eigenvalue weighted by Gasteiger charge is 2.19. The molecule has 0 aliphatic heterocycles. The summed E-state index contributed by atoms with van der Waals surface area (Å²) >= 11 is 1.15. The van der Waals surface area contributed by atoms with Gasteiger partial charge in [-0.25, -0.2) is 4.98 Å². The second kappa shape index (κ2) is 5.14. The molecule has 0 unspecified atom stereocenters. The molecule has 0 fully saturated rings. The minimum absolute atomic E-state index is 0.0155. The fraction of sp³-hybridized carbons (Fsp3) is 0.0833. The Labute approximate surface area is 117 Å². The maximum absolute atomic E-state index is 11.8. The Kier molecular flexibility index (Phi) is 3.54. The van der Waals surface area contributed by atoms with Gasteiger partial charge in [0.2, 0.25) is 5.75 Å². The molecule has 2 rings (SSSR count). The number of rotatable bonds is 2. The maximum Gasteiger partial charge on any atom is 0.270 e. The van der Waals surface area contributed by atoms with Crippen molar-refractivity contribution in [2.75, 3.05) is 6.26 Å². The van der Waals surface area contributed by atoms with Gasteiger partial charge in [-0.3, -0.25) is 4.79 Å². The molecule has 0 radical (unpaired) electrons. The largest absolute Gasteiger partial charge is 0.504 e. The zero-order chi connectivity index (χ0) is 14.9. The van der Waals surface area contributed by atoms with E-state index in [2.05, 4.69) is 9.97 Å². The number of H-pyrrole nitrogens is 1. The third-order valence-corrected chi connectivity index (χ3v) is 3.17. The Morgan fingerprint density at radius 2 is 2.00 bits per heavy atom. The van der Waals surface area contributed by atoms with Gasteiger partial charge in [0.1, 0.15) is 17.3 Å². The van der Waals surface area contributed by atoms with Crippen LogP contribution in [0.15, 0.2) is 22.1 Å².